The van der Waals surface area contributed by atoms with E-state index in [1.165, 1.54) is 26.0 Å². The molecule has 1 aliphatic rings. The van der Waals surface area contributed by atoms with Crippen LogP contribution in [-0.4, -0.2) is 54.8 Å². The van der Waals surface area contributed by atoms with Crippen molar-refractivity contribution in [3.05, 3.63) is 64.4 Å². The van der Waals surface area contributed by atoms with Crippen LogP contribution in [0.25, 0.3) is 6.08 Å². The molecule has 0 saturated heterocycles. The van der Waals surface area contributed by atoms with E-state index in [1.807, 2.05) is 19.9 Å². The molecule has 0 saturated carbocycles. The van der Waals surface area contributed by atoms with Crippen molar-refractivity contribution in [1.29, 1.82) is 0 Å². The quantitative estimate of drug-likeness (QED) is 0.172. The largest absolute Gasteiger partial charge is 0.493 e. The van der Waals surface area contributed by atoms with Crippen molar-refractivity contribution >= 4 is 41.3 Å². The van der Waals surface area contributed by atoms with Crippen LogP contribution < -0.4 is 24.3 Å². The summed E-state index contributed by atoms with van der Waals surface area (Å²) in [6.07, 6.45) is 1.46. The number of nitrogens with one attached hydrogen (secondary N) is 1. The second-order valence-electron chi connectivity index (χ2n) is 9.65. The molecule has 224 valence electrons. The van der Waals surface area contributed by atoms with Gasteiger partial charge in [0.2, 0.25) is 5.75 Å². The summed E-state index contributed by atoms with van der Waals surface area (Å²) in [7, 11) is 2.86. The molecular weight excluding hydrogens is 560 g/mol. The van der Waals surface area contributed by atoms with E-state index in [0.717, 1.165) is 0 Å². The number of thiocarbonyl (C=S) groups is 1. The van der Waals surface area contributed by atoms with Crippen molar-refractivity contribution in [3.63, 3.8) is 0 Å². The highest BCUT2D eigenvalue weighted by molar-refractivity contribution is 7.80. The second kappa shape index (κ2) is 14.0. The van der Waals surface area contributed by atoms with E-state index in [2.05, 4.69) is 5.32 Å². The van der Waals surface area contributed by atoms with E-state index in [1.54, 1.807) is 57.2 Å². The summed E-state index contributed by atoms with van der Waals surface area (Å²) < 4.78 is 27.6. The van der Waals surface area contributed by atoms with Crippen molar-refractivity contribution in [2.24, 2.45) is 0 Å². The number of nitrogens with zero attached hydrogens (tertiary/aromatic N) is 1. The maximum Gasteiger partial charge on any atom is 0.338 e. The Labute approximate surface area is 251 Å². The Kier molecular flexibility index (Phi) is 10.7. The molecule has 1 unspecified atom stereocenters. The first kappa shape index (κ1) is 32.1. The average Bonchev–Trinajstić information content (AvgIpc) is 2.92. The van der Waals surface area contributed by atoms with Crippen molar-refractivity contribution < 1.29 is 38.1 Å². The Hall–Kier alpha value is -4.38. The van der Waals surface area contributed by atoms with Crippen molar-refractivity contribution in [2.45, 2.75) is 53.7 Å². The molecule has 2 aromatic rings. The van der Waals surface area contributed by atoms with Crippen LogP contribution >= 0.6 is 12.2 Å². The molecule has 0 fully saturated rings. The van der Waals surface area contributed by atoms with Gasteiger partial charge in [0.15, 0.2) is 16.6 Å². The molecular formula is C31H36N2O8S. The van der Waals surface area contributed by atoms with Crippen LogP contribution in [0.5, 0.6) is 23.0 Å². The first-order chi connectivity index (χ1) is 19.9. The minimum Gasteiger partial charge on any atom is -0.493 e. The highest BCUT2D eigenvalue weighted by Crippen LogP contribution is 2.41. The van der Waals surface area contributed by atoms with E-state index < -0.39 is 23.9 Å². The lowest BCUT2D eigenvalue weighted by Gasteiger charge is -2.39. The molecule has 0 radical (unpaired) electrons. The van der Waals surface area contributed by atoms with Gasteiger partial charge in [-0.3, -0.25) is 14.5 Å². The summed E-state index contributed by atoms with van der Waals surface area (Å²) in [5.41, 5.74) is 2.12. The van der Waals surface area contributed by atoms with Crippen molar-refractivity contribution in [1.82, 2.24) is 10.2 Å². The Bertz CT molecular complexity index is 1420. The number of hydrogen-bond acceptors (Lipinski definition) is 9. The standard InChI is InChI=1S/C31H36N2O8S/c1-9-39-30(36)26-19(5)32-31(42)33(27(26)22-12-10-11-13-23(22)40-17(2)3)29(35)18(4)14-21-15-24(37-7)28(41-20(6)34)25(16-21)38-8/h10-17,27H,9H2,1-8H3,(H,32,42)/b18-14+. The molecule has 0 aliphatic carbocycles. The first-order valence-corrected chi connectivity index (χ1v) is 13.7. The minimum absolute atomic E-state index is 0.114. The predicted octanol–water partition coefficient (Wildman–Crippen LogP) is 5.11. The van der Waals surface area contributed by atoms with Gasteiger partial charge >= 0.3 is 11.9 Å². The van der Waals surface area contributed by atoms with Crippen LogP contribution in [0.1, 0.15) is 58.7 Å². The Balaban J connectivity index is 2.17. The van der Waals surface area contributed by atoms with Gasteiger partial charge in [-0.25, -0.2) is 4.79 Å². The number of benzene rings is 2. The summed E-state index contributed by atoms with van der Waals surface area (Å²) in [4.78, 5) is 40.4. The van der Waals surface area contributed by atoms with Gasteiger partial charge < -0.3 is 29.0 Å². The summed E-state index contributed by atoms with van der Waals surface area (Å²) in [5, 5.41) is 3.11. The molecule has 1 N–H and O–H groups in total. The minimum atomic E-state index is -0.931. The number of carbonyl (C=O) groups excluding carboxylic acids is 3. The maximum atomic E-state index is 14.2. The Morgan fingerprint density at radius 2 is 1.67 bits per heavy atom. The molecule has 1 aliphatic heterocycles. The third kappa shape index (κ3) is 7.09. The fourth-order valence-electron chi connectivity index (χ4n) is 4.51. The zero-order valence-corrected chi connectivity index (χ0v) is 25.8. The van der Waals surface area contributed by atoms with Crippen LogP contribution in [0.2, 0.25) is 0 Å². The molecule has 2 aromatic carbocycles. The van der Waals surface area contributed by atoms with Crippen molar-refractivity contribution in [3.8, 4) is 23.0 Å². The lowest BCUT2D eigenvalue weighted by atomic mass is 9.92. The molecule has 11 heteroatoms. The van der Waals surface area contributed by atoms with Crippen LogP contribution in [0.15, 0.2) is 53.2 Å². The number of hydrogen-bond donors (Lipinski definition) is 1. The van der Waals surface area contributed by atoms with Gasteiger partial charge in [-0.2, -0.15) is 0 Å². The van der Waals surface area contributed by atoms with Crippen LogP contribution in [0, 0.1) is 0 Å². The second-order valence-corrected chi connectivity index (χ2v) is 10.0. The zero-order chi connectivity index (χ0) is 31.1. The van der Waals surface area contributed by atoms with Crippen LogP contribution in [-0.2, 0) is 19.1 Å². The number of methoxy groups -OCH3 is 2. The fraction of sp³-hybridized carbons (Fsp3) is 0.355. The molecule has 0 aromatic heterocycles. The molecule has 42 heavy (non-hydrogen) atoms. The van der Waals surface area contributed by atoms with Gasteiger partial charge in [0.25, 0.3) is 5.91 Å². The van der Waals surface area contributed by atoms with Gasteiger partial charge in [-0.05, 0) is 76.7 Å². The number of carbonyl (C=O) groups is 3. The number of amides is 1. The van der Waals surface area contributed by atoms with Gasteiger partial charge in [0.1, 0.15) is 11.8 Å². The van der Waals surface area contributed by atoms with E-state index >= 15 is 0 Å². The number of ether oxygens (including phenoxy) is 5. The van der Waals surface area contributed by atoms with Gasteiger partial charge in [0.05, 0.1) is 32.5 Å². The van der Waals surface area contributed by atoms with Gasteiger partial charge in [0, 0.05) is 23.8 Å². The van der Waals surface area contributed by atoms with Crippen LogP contribution in [0.4, 0.5) is 0 Å². The van der Waals surface area contributed by atoms with Crippen molar-refractivity contribution in [2.75, 3.05) is 20.8 Å². The molecule has 0 bridgehead atoms. The predicted molar refractivity (Wildman–Crippen MR) is 161 cm³/mol. The molecule has 1 amide bonds. The average molecular weight is 597 g/mol. The topological polar surface area (TPSA) is 113 Å². The van der Waals surface area contributed by atoms with E-state index in [0.29, 0.717) is 28.1 Å². The normalized spacial score (nSPS) is 15.3. The van der Waals surface area contributed by atoms with E-state index in [4.69, 9.17) is 35.9 Å². The third-order valence-corrected chi connectivity index (χ3v) is 6.49. The Morgan fingerprint density at radius 1 is 1.05 bits per heavy atom. The first-order valence-electron chi connectivity index (χ1n) is 13.3. The maximum absolute atomic E-state index is 14.2. The smallest absolute Gasteiger partial charge is 0.338 e. The summed E-state index contributed by atoms with van der Waals surface area (Å²) in [6, 6.07) is 9.50. The lowest BCUT2D eigenvalue weighted by molar-refractivity contribution is -0.139. The highest BCUT2D eigenvalue weighted by Gasteiger charge is 2.41. The van der Waals surface area contributed by atoms with E-state index in [9.17, 15) is 14.4 Å². The zero-order valence-electron chi connectivity index (χ0n) is 25.0. The molecule has 1 heterocycles. The number of esters is 2. The van der Waals surface area contributed by atoms with Gasteiger partial charge in [-0.15, -0.1) is 0 Å². The lowest BCUT2D eigenvalue weighted by Crippen LogP contribution is -2.51. The monoisotopic (exact) mass is 596 g/mol. The fourth-order valence-corrected chi connectivity index (χ4v) is 4.86. The highest BCUT2D eigenvalue weighted by atomic mass is 32.1. The number of allylic oxidation sites excluding steroid dienone is 1. The number of rotatable bonds is 10. The molecule has 0 spiro atoms. The molecule has 1 atom stereocenters. The SMILES string of the molecule is CCOC(=O)C1=C(C)NC(=S)N(C(=O)/C(C)=C/c2cc(OC)c(OC(C)=O)c(OC)c2)C1c1ccccc1OC(C)C. The third-order valence-electron chi connectivity index (χ3n) is 6.19. The molecule has 3 rings (SSSR count). The Morgan fingerprint density at radius 3 is 2.21 bits per heavy atom. The summed E-state index contributed by atoms with van der Waals surface area (Å²) in [6.45, 7) is 10.3. The van der Waals surface area contributed by atoms with Gasteiger partial charge in [-0.1, -0.05) is 18.2 Å². The van der Waals surface area contributed by atoms with E-state index in [-0.39, 0.29) is 40.6 Å². The number of para-hydroxylation sites is 1. The van der Waals surface area contributed by atoms with Crippen LogP contribution in [0.3, 0.4) is 0 Å². The summed E-state index contributed by atoms with van der Waals surface area (Å²) in [5.74, 6) is -0.472. The summed E-state index contributed by atoms with van der Waals surface area (Å²) >= 11 is 5.66. The molecule has 10 nitrogen and oxygen atoms in total.